The molecule has 0 amide bonds. The molecule has 3 aliphatic heterocycles. The number of nitrogens with zero attached hydrogens (tertiary/aromatic N) is 4. The lowest BCUT2D eigenvalue weighted by atomic mass is 10.1. The normalized spacial score (nSPS) is 15.3. The van der Waals surface area contributed by atoms with Gasteiger partial charge < -0.3 is 14.8 Å². The molecule has 0 unspecified atom stereocenters. The molecule has 0 aliphatic carbocycles. The average Bonchev–Trinajstić information content (AvgIpc) is 3.05. The van der Waals surface area contributed by atoms with E-state index in [0.29, 0.717) is 10.8 Å². The third-order valence-corrected chi connectivity index (χ3v) is 5.48. The number of fused-ring (bicyclic) bond motifs is 5. The van der Waals surface area contributed by atoms with Crippen LogP contribution < -0.4 is 10.2 Å². The van der Waals surface area contributed by atoms with Gasteiger partial charge in [0.25, 0.3) is 0 Å². The Morgan fingerprint density at radius 3 is 2.74 bits per heavy atom. The Morgan fingerprint density at radius 1 is 1.15 bits per heavy atom. The number of halogens is 2. The fourth-order valence-electron chi connectivity index (χ4n) is 3.89. The van der Waals surface area contributed by atoms with Crippen LogP contribution in [0.2, 0.25) is 5.02 Å². The lowest BCUT2D eigenvalue weighted by molar-refractivity contribution is 0.559. The van der Waals surface area contributed by atoms with Crippen molar-refractivity contribution < 1.29 is 4.39 Å². The van der Waals surface area contributed by atoms with Gasteiger partial charge in [0.2, 0.25) is 0 Å². The Kier molecular flexibility index (Phi) is 3.91. The van der Waals surface area contributed by atoms with Crippen molar-refractivity contribution in [3.8, 4) is 11.3 Å². The van der Waals surface area contributed by atoms with Gasteiger partial charge in [-0.1, -0.05) is 11.6 Å². The summed E-state index contributed by atoms with van der Waals surface area (Å²) in [5, 5.41) is 5.67. The Morgan fingerprint density at radius 2 is 1.96 bits per heavy atom. The van der Waals surface area contributed by atoms with Gasteiger partial charge in [0.1, 0.15) is 5.65 Å². The van der Waals surface area contributed by atoms with Crippen molar-refractivity contribution in [3.05, 3.63) is 41.3 Å². The van der Waals surface area contributed by atoms with E-state index in [-0.39, 0.29) is 5.82 Å². The molecule has 1 saturated heterocycles. The van der Waals surface area contributed by atoms with Crippen LogP contribution in [0, 0.1) is 5.82 Å². The summed E-state index contributed by atoms with van der Waals surface area (Å²) >= 11 is 6.18. The summed E-state index contributed by atoms with van der Waals surface area (Å²) < 4.78 is 17.1. The summed E-state index contributed by atoms with van der Waals surface area (Å²) in [4.78, 5) is 11.5. The van der Waals surface area contributed by atoms with Crippen LogP contribution in [-0.4, -0.2) is 40.7 Å². The highest BCUT2D eigenvalue weighted by Gasteiger charge is 2.23. The van der Waals surface area contributed by atoms with Crippen LogP contribution in [0.4, 0.5) is 10.2 Å². The fourth-order valence-corrected chi connectivity index (χ4v) is 4.06. The van der Waals surface area contributed by atoms with Crippen molar-refractivity contribution in [1.29, 1.82) is 0 Å². The van der Waals surface area contributed by atoms with Gasteiger partial charge >= 0.3 is 0 Å². The monoisotopic (exact) mass is 383 g/mol. The number of aromatic nitrogens is 3. The van der Waals surface area contributed by atoms with Crippen LogP contribution >= 0.6 is 11.6 Å². The van der Waals surface area contributed by atoms with Crippen molar-refractivity contribution in [3.63, 3.8) is 0 Å². The number of piperazine rings is 1. The summed E-state index contributed by atoms with van der Waals surface area (Å²) in [6, 6.07) is 7.23. The first kappa shape index (κ1) is 16.7. The highest BCUT2D eigenvalue weighted by atomic mass is 35.5. The number of aryl methyl sites for hydroxylation is 1. The van der Waals surface area contributed by atoms with Crippen LogP contribution in [0.25, 0.3) is 33.2 Å². The second-order valence-corrected chi connectivity index (χ2v) is 7.29. The molecular formula is C20H19ClFN5. The number of rotatable bonds is 2. The van der Waals surface area contributed by atoms with Gasteiger partial charge in [0.05, 0.1) is 11.2 Å². The molecule has 1 N–H and O–H groups in total. The number of pyridine rings is 2. The Balaban J connectivity index is 1.81. The van der Waals surface area contributed by atoms with E-state index in [4.69, 9.17) is 21.6 Å². The summed E-state index contributed by atoms with van der Waals surface area (Å²) in [6.45, 7) is 5.97. The molecule has 5 nitrogen and oxygen atoms in total. The minimum atomic E-state index is -0.301. The minimum Gasteiger partial charge on any atom is -0.352 e. The smallest absolute Gasteiger partial charge is 0.167 e. The molecule has 27 heavy (non-hydrogen) atoms. The SMILES string of the molecule is CCn1cc2c3cc(Cl)ccc3nc-2c2cc(F)c(N3CCNCC3)nc21. The van der Waals surface area contributed by atoms with Crippen LogP contribution in [0.15, 0.2) is 30.5 Å². The Labute approximate surface area is 161 Å². The van der Waals surface area contributed by atoms with E-state index in [0.717, 1.165) is 65.9 Å². The predicted octanol–water partition coefficient (Wildman–Crippen LogP) is 3.91. The molecular weight excluding hydrogens is 365 g/mol. The lowest BCUT2D eigenvalue weighted by Gasteiger charge is -2.29. The molecule has 4 heterocycles. The highest BCUT2D eigenvalue weighted by molar-refractivity contribution is 6.31. The molecule has 0 radical (unpaired) electrons. The van der Waals surface area contributed by atoms with Crippen LogP contribution in [-0.2, 0) is 6.54 Å². The number of nitrogens with one attached hydrogen (secondary N) is 1. The van der Waals surface area contributed by atoms with Crippen molar-refractivity contribution in [2.24, 2.45) is 0 Å². The zero-order valence-corrected chi connectivity index (χ0v) is 15.7. The molecule has 1 aromatic heterocycles. The summed E-state index contributed by atoms with van der Waals surface area (Å²) in [5.74, 6) is 0.120. The molecule has 1 aromatic carbocycles. The third kappa shape index (κ3) is 2.63. The highest BCUT2D eigenvalue weighted by Crippen LogP contribution is 2.38. The van der Waals surface area contributed by atoms with Gasteiger partial charge in [0.15, 0.2) is 11.6 Å². The molecule has 2 aromatic rings. The van der Waals surface area contributed by atoms with E-state index in [1.54, 1.807) is 6.07 Å². The maximum absolute atomic E-state index is 15.0. The average molecular weight is 384 g/mol. The zero-order valence-electron chi connectivity index (χ0n) is 15.0. The second-order valence-electron chi connectivity index (χ2n) is 6.85. The maximum atomic E-state index is 15.0. The van der Waals surface area contributed by atoms with E-state index in [2.05, 4.69) is 23.0 Å². The van der Waals surface area contributed by atoms with E-state index < -0.39 is 0 Å². The minimum absolute atomic E-state index is 0.301. The fraction of sp³-hybridized carbons (Fsp3) is 0.300. The molecule has 0 saturated carbocycles. The van der Waals surface area contributed by atoms with Gasteiger partial charge in [-0.2, -0.15) is 0 Å². The second kappa shape index (κ2) is 6.32. The topological polar surface area (TPSA) is 46.0 Å². The van der Waals surface area contributed by atoms with Gasteiger partial charge in [-0.05, 0) is 31.2 Å². The van der Waals surface area contributed by atoms with Crippen LogP contribution in [0.3, 0.4) is 0 Å². The first-order valence-corrected chi connectivity index (χ1v) is 9.57. The standard InChI is InChI=1S/C20H19ClFN5/c1-2-26-11-15-13-9-12(21)3-4-17(13)24-18(15)14-10-16(22)20(25-19(14)26)27-7-5-23-6-8-27/h3-4,9-11,23H,2,5-8H2,1H3. The van der Waals surface area contributed by atoms with Crippen molar-refractivity contribution in [2.75, 3.05) is 31.1 Å². The molecule has 0 bridgehead atoms. The van der Waals surface area contributed by atoms with Crippen molar-refractivity contribution >= 4 is 39.4 Å². The molecule has 5 rings (SSSR count). The number of hydrogen-bond donors (Lipinski definition) is 1. The molecule has 7 heteroatoms. The van der Waals surface area contributed by atoms with Gasteiger partial charge in [-0.25, -0.2) is 14.4 Å². The number of hydrogen-bond acceptors (Lipinski definition) is 4. The summed E-state index contributed by atoms with van der Waals surface area (Å²) in [6.07, 6.45) is 2.05. The van der Waals surface area contributed by atoms with Gasteiger partial charge in [0, 0.05) is 60.3 Å². The summed E-state index contributed by atoms with van der Waals surface area (Å²) in [7, 11) is 0. The quantitative estimate of drug-likeness (QED) is 0.570. The van der Waals surface area contributed by atoms with Crippen molar-refractivity contribution in [1.82, 2.24) is 19.9 Å². The van der Waals surface area contributed by atoms with Crippen molar-refractivity contribution in [2.45, 2.75) is 13.5 Å². The van der Waals surface area contributed by atoms with E-state index in [1.807, 2.05) is 23.1 Å². The first-order valence-electron chi connectivity index (χ1n) is 9.19. The van der Waals surface area contributed by atoms with Gasteiger partial charge in [-0.15, -0.1) is 0 Å². The van der Waals surface area contributed by atoms with Crippen LogP contribution in [0.1, 0.15) is 6.92 Å². The van der Waals surface area contributed by atoms with E-state index in [1.165, 1.54) is 0 Å². The molecule has 138 valence electrons. The van der Waals surface area contributed by atoms with Crippen LogP contribution in [0.5, 0.6) is 0 Å². The first-order chi connectivity index (χ1) is 13.2. The Hall–Kier alpha value is -2.44. The third-order valence-electron chi connectivity index (χ3n) is 5.24. The van der Waals surface area contributed by atoms with E-state index >= 15 is 4.39 Å². The van der Waals surface area contributed by atoms with Gasteiger partial charge in [-0.3, -0.25) is 0 Å². The zero-order chi connectivity index (χ0) is 18.5. The molecule has 1 fully saturated rings. The van der Waals surface area contributed by atoms with E-state index in [9.17, 15) is 0 Å². The molecule has 0 atom stereocenters. The summed E-state index contributed by atoms with van der Waals surface area (Å²) in [5.41, 5.74) is 3.35. The Bertz CT molecular complexity index is 1130. The molecule has 0 spiro atoms. The predicted molar refractivity (Wildman–Crippen MR) is 107 cm³/mol. The lowest BCUT2D eigenvalue weighted by Crippen LogP contribution is -2.44. The molecule has 3 aliphatic rings. The maximum Gasteiger partial charge on any atom is 0.167 e. The largest absolute Gasteiger partial charge is 0.352 e. The number of benzene rings is 1. The number of anilines is 1.